The van der Waals surface area contributed by atoms with Gasteiger partial charge in [-0.25, -0.2) is 14.8 Å². The van der Waals surface area contributed by atoms with E-state index in [1.807, 2.05) is 32.0 Å². The number of nitrogens with zero attached hydrogens (tertiary/aromatic N) is 4. The fourth-order valence-corrected chi connectivity index (χ4v) is 3.26. The Labute approximate surface area is 162 Å². The SMILES string of the molecule is Cc1nc2ccc(NC(=O)N3CCN(C(=O)c4ccc[nH]4)CC3)cc2nc1C. The van der Waals surface area contributed by atoms with Crippen LogP contribution in [-0.2, 0) is 0 Å². The molecule has 0 bridgehead atoms. The number of urea groups is 1. The molecule has 1 aliphatic heterocycles. The number of benzene rings is 1. The number of piperazine rings is 1. The molecule has 1 saturated heterocycles. The van der Waals surface area contributed by atoms with Crippen molar-refractivity contribution < 1.29 is 9.59 Å². The first-order valence-corrected chi connectivity index (χ1v) is 9.25. The van der Waals surface area contributed by atoms with E-state index in [1.54, 1.807) is 28.1 Å². The van der Waals surface area contributed by atoms with Crippen molar-refractivity contribution in [1.82, 2.24) is 24.8 Å². The zero-order valence-electron chi connectivity index (χ0n) is 15.9. The maximum atomic E-state index is 12.6. The number of anilines is 1. The molecule has 0 aliphatic carbocycles. The number of H-pyrrole nitrogens is 1. The quantitative estimate of drug-likeness (QED) is 0.717. The van der Waals surface area contributed by atoms with Crippen molar-refractivity contribution in [3.05, 3.63) is 53.6 Å². The predicted molar refractivity (Wildman–Crippen MR) is 106 cm³/mol. The Bertz CT molecular complexity index is 1020. The van der Waals surface area contributed by atoms with Crippen LogP contribution in [0.3, 0.4) is 0 Å². The monoisotopic (exact) mass is 378 g/mol. The van der Waals surface area contributed by atoms with Gasteiger partial charge in [0, 0.05) is 38.1 Å². The van der Waals surface area contributed by atoms with Crippen molar-refractivity contribution in [2.24, 2.45) is 0 Å². The van der Waals surface area contributed by atoms with E-state index in [1.165, 1.54) is 0 Å². The first-order valence-electron chi connectivity index (χ1n) is 9.25. The summed E-state index contributed by atoms with van der Waals surface area (Å²) < 4.78 is 0. The van der Waals surface area contributed by atoms with Gasteiger partial charge < -0.3 is 20.1 Å². The fraction of sp³-hybridized carbons (Fsp3) is 0.300. The molecular weight excluding hydrogens is 356 g/mol. The lowest BCUT2D eigenvalue weighted by atomic mass is 10.2. The van der Waals surface area contributed by atoms with Gasteiger partial charge in [-0.05, 0) is 44.2 Å². The highest BCUT2D eigenvalue weighted by atomic mass is 16.2. The number of aromatic nitrogens is 3. The summed E-state index contributed by atoms with van der Waals surface area (Å²) in [6.45, 7) is 5.84. The minimum absolute atomic E-state index is 0.0381. The third kappa shape index (κ3) is 3.53. The molecule has 1 aliphatic rings. The lowest BCUT2D eigenvalue weighted by molar-refractivity contribution is 0.0666. The molecule has 0 atom stereocenters. The second-order valence-electron chi connectivity index (χ2n) is 6.89. The number of hydrogen-bond donors (Lipinski definition) is 2. The second-order valence-corrected chi connectivity index (χ2v) is 6.89. The van der Waals surface area contributed by atoms with Crippen LogP contribution in [0, 0.1) is 13.8 Å². The smallest absolute Gasteiger partial charge is 0.321 e. The predicted octanol–water partition coefficient (Wildman–Crippen LogP) is 2.56. The van der Waals surface area contributed by atoms with E-state index in [2.05, 4.69) is 20.3 Å². The van der Waals surface area contributed by atoms with E-state index in [4.69, 9.17) is 0 Å². The molecule has 0 saturated carbocycles. The van der Waals surface area contributed by atoms with Gasteiger partial charge in [-0.2, -0.15) is 0 Å². The van der Waals surface area contributed by atoms with Gasteiger partial charge >= 0.3 is 6.03 Å². The van der Waals surface area contributed by atoms with Crippen LogP contribution in [0.1, 0.15) is 21.9 Å². The number of fused-ring (bicyclic) bond motifs is 1. The molecule has 1 fully saturated rings. The zero-order valence-corrected chi connectivity index (χ0v) is 15.9. The molecule has 3 amide bonds. The van der Waals surface area contributed by atoms with Crippen LogP contribution >= 0.6 is 0 Å². The molecule has 2 N–H and O–H groups in total. The third-order valence-electron chi connectivity index (χ3n) is 5.01. The van der Waals surface area contributed by atoms with E-state index in [-0.39, 0.29) is 11.9 Å². The van der Waals surface area contributed by atoms with Crippen molar-refractivity contribution in [2.75, 3.05) is 31.5 Å². The molecule has 8 heteroatoms. The summed E-state index contributed by atoms with van der Waals surface area (Å²) in [5.74, 6) is -0.0381. The van der Waals surface area contributed by atoms with Crippen LogP contribution < -0.4 is 5.32 Å². The van der Waals surface area contributed by atoms with Gasteiger partial charge in [0.15, 0.2) is 0 Å². The number of aromatic amines is 1. The molecule has 144 valence electrons. The largest absolute Gasteiger partial charge is 0.357 e. The standard InChI is InChI=1S/C20H22N6O2/c1-13-14(2)23-18-12-15(5-6-16(18)22-13)24-20(28)26-10-8-25(9-11-26)19(27)17-4-3-7-21-17/h3-7,12,21H,8-11H2,1-2H3,(H,24,28). The summed E-state index contributed by atoms with van der Waals surface area (Å²) in [7, 11) is 0. The molecule has 4 rings (SSSR count). The van der Waals surface area contributed by atoms with E-state index < -0.39 is 0 Å². The van der Waals surface area contributed by atoms with Crippen LogP contribution in [0.5, 0.6) is 0 Å². The van der Waals surface area contributed by atoms with Crippen LogP contribution in [0.15, 0.2) is 36.5 Å². The average molecular weight is 378 g/mol. The number of amides is 3. The molecule has 3 aromatic rings. The summed E-state index contributed by atoms with van der Waals surface area (Å²) in [6.07, 6.45) is 1.73. The minimum Gasteiger partial charge on any atom is -0.357 e. The van der Waals surface area contributed by atoms with E-state index in [9.17, 15) is 9.59 Å². The first-order chi connectivity index (χ1) is 13.5. The number of carbonyl (C=O) groups excluding carboxylic acids is 2. The zero-order chi connectivity index (χ0) is 19.7. The number of carbonyl (C=O) groups is 2. The topological polar surface area (TPSA) is 94.2 Å². The molecule has 0 radical (unpaired) electrons. The highest BCUT2D eigenvalue weighted by molar-refractivity contribution is 5.94. The first kappa shape index (κ1) is 18.0. The van der Waals surface area contributed by atoms with Gasteiger partial charge in [0.05, 0.1) is 22.4 Å². The Kier molecular flexibility index (Phi) is 4.68. The second kappa shape index (κ2) is 7.30. The van der Waals surface area contributed by atoms with Crippen LogP contribution in [0.2, 0.25) is 0 Å². The van der Waals surface area contributed by atoms with Crippen molar-refractivity contribution in [1.29, 1.82) is 0 Å². The van der Waals surface area contributed by atoms with Gasteiger partial charge in [0.2, 0.25) is 0 Å². The third-order valence-corrected chi connectivity index (χ3v) is 5.01. The molecular formula is C20H22N6O2. The van der Waals surface area contributed by atoms with Gasteiger partial charge in [-0.1, -0.05) is 0 Å². The summed E-state index contributed by atoms with van der Waals surface area (Å²) in [4.78, 5) is 40.4. The van der Waals surface area contributed by atoms with Crippen molar-refractivity contribution in [2.45, 2.75) is 13.8 Å². The Morgan fingerprint density at radius 2 is 1.64 bits per heavy atom. The van der Waals surface area contributed by atoms with Gasteiger partial charge in [0.1, 0.15) is 5.69 Å². The Morgan fingerprint density at radius 1 is 0.964 bits per heavy atom. The minimum atomic E-state index is -0.178. The van der Waals surface area contributed by atoms with Crippen molar-refractivity contribution in [3.8, 4) is 0 Å². The fourth-order valence-electron chi connectivity index (χ4n) is 3.26. The molecule has 28 heavy (non-hydrogen) atoms. The molecule has 0 spiro atoms. The highest BCUT2D eigenvalue weighted by Crippen LogP contribution is 2.18. The molecule has 1 aromatic carbocycles. The maximum absolute atomic E-state index is 12.6. The number of nitrogens with one attached hydrogen (secondary N) is 2. The molecule has 8 nitrogen and oxygen atoms in total. The summed E-state index contributed by atoms with van der Waals surface area (Å²) in [5, 5.41) is 2.92. The normalized spacial score (nSPS) is 14.4. The van der Waals surface area contributed by atoms with Crippen molar-refractivity contribution in [3.63, 3.8) is 0 Å². The van der Waals surface area contributed by atoms with E-state index in [0.29, 0.717) is 37.6 Å². The van der Waals surface area contributed by atoms with Crippen LogP contribution in [-0.4, -0.2) is 62.9 Å². The lowest BCUT2D eigenvalue weighted by Gasteiger charge is -2.34. The molecule has 3 heterocycles. The average Bonchev–Trinajstić information content (AvgIpc) is 3.23. The number of aryl methyl sites for hydroxylation is 2. The Hall–Kier alpha value is -3.42. The highest BCUT2D eigenvalue weighted by Gasteiger charge is 2.25. The maximum Gasteiger partial charge on any atom is 0.321 e. The molecule has 0 unspecified atom stereocenters. The summed E-state index contributed by atoms with van der Waals surface area (Å²) in [5.41, 5.74) is 4.58. The molecule has 2 aromatic heterocycles. The van der Waals surface area contributed by atoms with Gasteiger partial charge in [-0.15, -0.1) is 0 Å². The number of hydrogen-bond acceptors (Lipinski definition) is 4. The van der Waals surface area contributed by atoms with Gasteiger partial charge in [-0.3, -0.25) is 4.79 Å². The van der Waals surface area contributed by atoms with E-state index in [0.717, 1.165) is 22.4 Å². The van der Waals surface area contributed by atoms with Crippen LogP contribution in [0.25, 0.3) is 11.0 Å². The number of rotatable bonds is 2. The van der Waals surface area contributed by atoms with Gasteiger partial charge in [0.25, 0.3) is 5.91 Å². The Morgan fingerprint density at radius 3 is 2.32 bits per heavy atom. The lowest BCUT2D eigenvalue weighted by Crippen LogP contribution is -2.51. The summed E-state index contributed by atoms with van der Waals surface area (Å²) in [6, 6.07) is 8.90. The Balaban J connectivity index is 1.39. The van der Waals surface area contributed by atoms with Crippen LogP contribution in [0.4, 0.5) is 10.5 Å². The summed E-state index contributed by atoms with van der Waals surface area (Å²) >= 11 is 0. The van der Waals surface area contributed by atoms with Crippen molar-refractivity contribution >= 4 is 28.7 Å². The van der Waals surface area contributed by atoms with E-state index >= 15 is 0 Å².